The van der Waals surface area contributed by atoms with E-state index in [1.165, 1.54) is 20.8 Å². The van der Waals surface area contributed by atoms with Crippen molar-refractivity contribution >= 4 is 5.97 Å². The Bertz CT molecular complexity index is 155. The lowest BCUT2D eigenvalue weighted by Crippen LogP contribution is -2.26. The molecule has 2 nitrogen and oxygen atoms in total. The van der Waals surface area contributed by atoms with Crippen molar-refractivity contribution in [2.75, 3.05) is 6.61 Å². The largest absolute Gasteiger partial charge is 0.466 e. The molecule has 0 N–H and O–H groups in total. The average Bonchev–Trinajstić information content (AvgIpc) is 1.85. The number of carbonyl (C=O) groups is 1. The van der Waals surface area contributed by atoms with Crippen LogP contribution in [0.2, 0.25) is 0 Å². The number of rotatable bonds is 4. The van der Waals surface area contributed by atoms with Gasteiger partial charge in [0.25, 0.3) is 5.92 Å². The topological polar surface area (TPSA) is 26.3 Å². The summed E-state index contributed by atoms with van der Waals surface area (Å²) in [5, 5.41) is 0. The van der Waals surface area contributed by atoms with E-state index < -0.39 is 24.2 Å². The van der Waals surface area contributed by atoms with E-state index in [-0.39, 0.29) is 6.61 Å². The van der Waals surface area contributed by atoms with Crippen molar-refractivity contribution in [3.05, 3.63) is 0 Å². The SMILES string of the molecule is CC(=O)OCCC(F)(F)C(C)C. The summed E-state index contributed by atoms with van der Waals surface area (Å²) in [6.07, 6.45) is -0.399. The Balaban J connectivity index is 3.69. The van der Waals surface area contributed by atoms with E-state index in [1.54, 1.807) is 0 Å². The maximum Gasteiger partial charge on any atom is 0.302 e. The first-order valence-electron chi connectivity index (χ1n) is 3.87. The van der Waals surface area contributed by atoms with Gasteiger partial charge in [-0.05, 0) is 0 Å². The summed E-state index contributed by atoms with van der Waals surface area (Å²) in [4.78, 5) is 10.2. The highest BCUT2D eigenvalue weighted by Crippen LogP contribution is 2.27. The molecule has 72 valence electrons. The van der Waals surface area contributed by atoms with Crippen molar-refractivity contribution < 1.29 is 18.3 Å². The second-order valence-corrected chi connectivity index (χ2v) is 3.01. The van der Waals surface area contributed by atoms with Crippen molar-refractivity contribution in [2.45, 2.75) is 33.1 Å². The van der Waals surface area contributed by atoms with Crippen LogP contribution >= 0.6 is 0 Å². The molecule has 0 aromatic heterocycles. The molecule has 0 saturated heterocycles. The van der Waals surface area contributed by atoms with Gasteiger partial charge in [-0.1, -0.05) is 13.8 Å². The second-order valence-electron chi connectivity index (χ2n) is 3.01. The minimum atomic E-state index is -2.74. The molecule has 0 radical (unpaired) electrons. The number of hydrogen-bond acceptors (Lipinski definition) is 2. The number of halogens is 2. The van der Waals surface area contributed by atoms with Crippen LogP contribution in [0.15, 0.2) is 0 Å². The van der Waals surface area contributed by atoms with Gasteiger partial charge in [-0.2, -0.15) is 0 Å². The van der Waals surface area contributed by atoms with Crippen LogP contribution in [0.1, 0.15) is 27.2 Å². The molecule has 0 aromatic rings. The molecule has 0 rings (SSSR count). The fraction of sp³-hybridized carbons (Fsp3) is 0.875. The van der Waals surface area contributed by atoms with Crippen molar-refractivity contribution in [1.29, 1.82) is 0 Å². The van der Waals surface area contributed by atoms with Crippen LogP contribution < -0.4 is 0 Å². The number of hydrogen-bond donors (Lipinski definition) is 0. The fourth-order valence-electron chi connectivity index (χ4n) is 0.620. The van der Waals surface area contributed by atoms with Gasteiger partial charge in [0.2, 0.25) is 0 Å². The van der Waals surface area contributed by atoms with Gasteiger partial charge in [0.1, 0.15) is 0 Å². The fourth-order valence-corrected chi connectivity index (χ4v) is 0.620. The van der Waals surface area contributed by atoms with Gasteiger partial charge in [0.15, 0.2) is 0 Å². The van der Waals surface area contributed by atoms with Gasteiger partial charge in [0, 0.05) is 19.3 Å². The third kappa shape index (κ3) is 4.26. The number of alkyl halides is 2. The van der Waals surface area contributed by atoms with Gasteiger partial charge in [-0.15, -0.1) is 0 Å². The highest BCUT2D eigenvalue weighted by atomic mass is 19.3. The van der Waals surface area contributed by atoms with Crippen LogP contribution in [-0.2, 0) is 9.53 Å². The van der Waals surface area contributed by atoms with Crippen molar-refractivity contribution in [3.8, 4) is 0 Å². The molecule has 0 aliphatic carbocycles. The van der Waals surface area contributed by atoms with Crippen molar-refractivity contribution in [1.82, 2.24) is 0 Å². The van der Waals surface area contributed by atoms with Crippen LogP contribution in [0, 0.1) is 5.92 Å². The first kappa shape index (κ1) is 11.3. The summed E-state index contributed by atoms with van der Waals surface area (Å²) in [7, 11) is 0. The third-order valence-corrected chi connectivity index (χ3v) is 1.59. The normalized spacial score (nSPS) is 11.8. The second kappa shape index (κ2) is 4.38. The van der Waals surface area contributed by atoms with Crippen LogP contribution in [0.4, 0.5) is 8.78 Å². The monoisotopic (exact) mass is 180 g/mol. The van der Waals surface area contributed by atoms with E-state index in [9.17, 15) is 13.6 Å². The molecule has 0 aromatic carbocycles. The molecule has 0 aliphatic heterocycles. The Morgan fingerprint density at radius 2 is 2.00 bits per heavy atom. The highest BCUT2D eigenvalue weighted by molar-refractivity contribution is 5.65. The average molecular weight is 180 g/mol. The van der Waals surface area contributed by atoms with Crippen LogP contribution in [0.25, 0.3) is 0 Å². The zero-order valence-corrected chi connectivity index (χ0v) is 7.56. The molecule has 0 amide bonds. The molecule has 0 atom stereocenters. The van der Waals surface area contributed by atoms with E-state index in [2.05, 4.69) is 4.74 Å². The molecular weight excluding hydrogens is 166 g/mol. The zero-order chi connectivity index (χ0) is 9.78. The minimum absolute atomic E-state index is 0.208. The Morgan fingerprint density at radius 3 is 2.33 bits per heavy atom. The summed E-state index contributed by atoms with van der Waals surface area (Å²) < 4.78 is 30.0. The number of esters is 1. The molecule has 12 heavy (non-hydrogen) atoms. The van der Waals surface area contributed by atoms with Gasteiger partial charge in [-0.3, -0.25) is 4.79 Å². The Labute approximate surface area is 70.9 Å². The summed E-state index contributed by atoms with van der Waals surface area (Å²) in [5.74, 6) is -3.97. The minimum Gasteiger partial charge on any atom is -0.466 e. The Morgan fingerprint density at radius 1 is 1.50 bits per heavy atom. The summed E-state index contributed by atoms with van der Waals surface area (Å²) in [6.45, 7) is 3.87. The number of ether oxygens (including phenoxy) is 1. The van der Waals surface area contributed by atoms with Gasteiger partial charge < -0.3 is 4.74 Å². The van der Waals surface area contributed by atoms with Crippen LogP contribution in [0.3, 0.4) is 0 Å². The van der Waals surface area contributed by atoms with Gasteiger partial charge in [-0.25, -0.2) is 8.78 Å². The van der Waals surface area contributed by atoms with Crippen molar-refractivity contribution in [2.24, 2.45) is 5.92 Å². The Hall–Kier alpha value is -0.670. The number of carbonyl (C=O) groups excluding carboxylic acids is 1. The predicted octanol–water partition coefficient (Wildman–Crippen LogP) is 2.23. The predicted molar refractivity (Wildman–Crippen MR) is 41.0 cm³/mol. The molecule has 0 aliphatic rings. The van der Waals surface area contributed by atoms with Crippen molar-refractivity contribution in [3.63, 3.8) is 0 Å². The highest BCUT2D eigenvalue weighted by Gasteiger charge is 2.32. The maximum atomic E-state index is 12.8. The summed E-state index contributed by atoms with van der Waals surface area (Å²) >= 11 is 0. The van der Waals surface area contributed by atoms with Crippen LogP contribution in [-0.4, -0.2) is 18.5 Å². The molecule has 0 spiro atoms. The lowest BCUT2D eigenvalue weighted by molar-refractivity contribution is -0.144. The van der Waals surface area contributed by atoms with E-state index >= 15 is 0 Å². The smallest absolute Gasteiger partial charge is 0.302 e. The zero-order valence-electron chi connectivity index (χ0n) is 7.56. The van der Waals surface area contributed by atoms with Gasteiger partial charge >= 0.3 is 5.97 Å². The van der Waals surface area contributed by atoms with E-state index in [0.29, 0.717) is 0 Å². The summed E-state index contributed by atoms with van der Waals surface area (Å²) in [6, 6.07) is 0. The third-order valence-electron chi connectivity index (χ3n) is 1.59. The molecule has 0 fully saturated rings. The van der Waals surface area contributed by atoms with E-state index in [1.807, 2.05) is 0 Å². The standard InChI is InChI=1S/C8H14F2O2/c1-6(2)8(9,10)4-5-12-7(3)11/h6H,4-5H2,1-3H3. The molecule has 0 bridgehead atoms. The van der Waals surface area contributed by atoms with Crippen LogP contribution in [0.5, 0.6) is 0 Å². The lowest BCUT2D eigenvalue weighted by Gasteiger charge is -2.19. The molecule has 0 saturated carbocycles. The first-order chi connectivity index (χ1) is 5.36. The first-order valence-corrected chi connectivity index (χ1v) is 3.87. The lowest BCUT2D eigenvalue weighted by atomic mass is 10.0. The molecule has 0 unspecified atom stereocenters. The van der Waals surface area contributed by atoms with E-state index in [0.717, 1.165) is 0 Å². The van der Waals surface area contributed by atoms with E-state index in [4.69, 9.17) is 0 Å². The van der Waals surface area contributed by atoms with Gasteiger partial charge in [0.05, 0.1) is 6.61 Å². The maximum absolute atomic E-state index is 12.8. The molecule has 4 heteroatoms. The summed E-state index contributed by atoms with van der Waals surface area (Å²) in [5.41, 5.74) is 0. The molecule has 0 heterocycles. The Kier molecular flexibility index (Phi) is 4.13. The molecular formula is C8H14F2O2. The quantitative estimate of drug-likeness (QED) is 0.620.